The smallest absolute Gasteiger partial charge is 0.214 e. The standard InChI is InChI=1S/C23H17Cl3N2O2/c24-18-6-7-19(20(25)14-18)21(29)22(28-13-12-27-15-28)30-23(26)10-8-17(9-11-23)16-4-2-1-3-5-16/h1-10,12-15,22H,11H2/t22-,23-/m0/s1. The second-order valence-electron chi connectivity index (χ2n) is 6.82. The van der Waals surface area contributed by atoms with Gasteiger partial charge in [0.1, 0.15) is 0 Å². The summed E-state index contributed by atoms with van der Waals surface area (Å²) < 4.78 is 7.68. The van der Waals surface area contributed by atoms with Gasteiger partial charge >= 0.3 is 0 Å². The fraction of sp³-hybridized carbons (Fsp3) is 0.130. The Morgan fingerprint density at radius 1 is 1.17 bits per heavy atom. The molecule has 7 heteroatoms. The fourth-order valence-electron chi connectivity index (χ4n) is 3.20. The Morgan fingerprint density at radius 3 is 2.60 bits per heavy atom. The number of nitrogens with zero attached hydrogens (tertiary/aromatic N) is 2. The summed E-state index contributed by atoms with van der Waals surface area (Å²) in [5.74, 6) is -0.346. The van der Waals surface area contributed by atoms with E-state index in [0.29, 0.717) is 17.0 Å². The first kappa shape index (κ1) is 20.9. The molecule has 0 aliphatic heterocycles. The van der Waals surface area contributed by atoms with E-state index in [0.717, 1.165) is 11.1 Å². The number of imidazole rings is 1. The number of ketones is 1. The second-order valence-corrected chi connectivity index (χ2v) is 8.30. The number of halogens is 3. The highest BCUT2D eigenvalue weighted by Crippen LogP contribution is 2.37. The van der Waals surface area contributed by atoms with E-state index >= 15 is 0 Å². The molecule has 1 aliphatic carbocycles. The highest BCUT2D eigenvalue weighted by atomic mass is 35.5. The number of Topliss-reactive ketones (excluding diaryl/α,β-unsaturated/α-hetero) is 1. The van der Waals surface area contributed by atoms with Crippen LogP contribution in [-0.2, 0) is 4.74 Å². The summed E-state index contributed by atoms with van der Waals surface area (Å²) in [6.07, 6.45) is 9.72. The molecule has 3 aromatic rings. The molecule has 2 atom stereocenters. The lowest BCUT2D eigenvalue weighted by atomic mass is 9.98. The summed E-state index contributed by atoms with van der Waals surface area (Å²) in [6.45, 7) is 0. The summed E-state index contributed by atoms with van der Waals surface area (Å²) in [5, 5.41) is -0.503. The molecule has 0 fully saturated rings. The van der Waals surface area contributed by atoms with E-state index in [2.05, 4.69) is 4.98 Å². The lowest BCUT2D eigenvalue weighted by Crippen LogP contribution is -2.33. The van der Waals surface area contributed by atoms with E-state index in [9.17, 15) is 4.79 Å². The van der Waals surface area contributed by atoms with Crippen LogP contribution in [0.5, 0.6) is 0 Å². The normalized spacial score (nSPS) is 19.4. The second kappa shape index (κ2) is 8.78. The van der Waals surface area contributed by atoms with Gasteiger partial charge in [0.05, 0.1) is 11.3 Å². The Balaban J connectivity index is 1.60. The van der Waals surface area contributed by atoms with Crippen LogP contribution in [0.15, 0.2) is 85.5 Å². The number of alkyl halides is 1. The first-order valence-electron chi connectivity index (χ1n) is 9.23. The number of ether oxygens (including phenoxy) is 1. The third kappa shape index (κ3) is 4.52. The molecule has 0 radical (unpaired) electrons. The average molecular weight is 460 g/mol. The minimum Gasteiger partial charge on any atom is -0.324 e. The maximum Gasteiger partial charge on any atom is 0.214 e. The van der Waals surface area contributed by atoms with Crippen LogP contribution in [0, 0.1) is 0 Å². The largest absolute Gasteiger partial charge is 0.324 e. The van der Waals surface area contributed by atoms with Gasteiger partial charge in [-0.25, -0.2) is 4.98 Å². The maximum atomic E-state index is 13.3. The first-order valence-corrected chi connectivity index (χ1v) is 10.4. The van der Waals surface area contributed by atoms with Crippen LogP contribution >= 0.6 is 34.8 Å². The van der Waals surface area contributed by atoms with Gasteiger partial charge < -0.3 is 9.30 Å². The zero-order chi connectivity index (χ0) is 21.1. The van der Waals surface area contributed by atoms with E-state index in [4.69, 9.17) is 39.5 Å². The maximum absolute atomic E-state index is 13.3. The SMILES string of the molecule is O=C(c1ccc(Cl)cc1Cl)[C@H](O[C@@]1(Cl)C=CC(c2ccccc2)=CC1)n1ccnc1. The molecule has 0 saturated carbocycles. The van der Waals surface area contributed by atoms with Crippen LogP contribution in [0.25, 0.3) is 5.57 Å². The molecular weight excluding hydrogens is 443 g/mol. The molecule has 0 N–H and O–H groups in total. The number of hydrogen-bond donors (Lipinski definition) is 0. The Bertz CT molecular complexity index is 1110. The number of aromatic nitrogens is 2. The molecule has 1 aromatic heterocycles. The monoisotopic (exact) mass is 458 g/mol. The van der Waals surface area contributed by atoms with Crippen molar-refractivity contribution >= 4 is 46.2 Å². The number of carbonyl (C=O) groups excluding carboxylic acids is 1. The van der Waals surface area contributed by atoms with Crippen molar-refractivity contribution in [2.24, 2.45) is 0 Å². The number of benzene rings is 2. The predicted molar refractivity (Wildman–Crippen MR) is 120 cm³/mol. The molecule has 0 saturated heterocycles. The molecule has 1 aliphatic rings. The summed E-state index contributed by atoms with van der Waals surface area (Å²) in [7, 11) is 0. The van der Waals surface area contributed by atoms with Gasteiger partial charge in [-0.3, -0.25) is 4.79 Å². The fourth-order valence-corrected chi connectivity index (χ4v) is 3.92. The minimum absolute atomic E-state index is 0.246. The lowest BCUT2D eigenvalue weighted by molar-refractivity contribution is -0.0367. The Kier molecular flexibility index (Phi) is 6.11. The molecule has 0 bridgehead atoms. The number of allylic oxidation sites excluding steroid dienone is 2. The van der Waals surface area contributed by atoms with Gasteiger partial charge in [-0.2, -0.15) is 0 Å². The van der Waals surface area contributed by atoms with Crippen molar-refractivity contribution in [2.75, 3.05) is 0 Å². The molecule has 4 nitrogen and oxygen atoms in total. The van der Waals surface area contributed by atoms with Gasteiger partial charge in [0, 0.05) is 29.4 Å². The lowest BCUT2D eigenvalue weighted by Gasteiger charge is -2.31. The van der Waals surface area contributed by atoms with Crippen LogP contribution in [0.1, 0.15) is 28.6 Å². The molecule has 30 heavy (non-hydrogen) atoms. The quantitative estimate of drug-likeness (QED) is 0.309. The molecule has 152 valence electrons. The van der Waals surface area contributed by atoms with Gasteiger partial charge in [-0.05, 0) is 35.4 Å². The Hall–Kier alpha value is -2.37. The molecule has 0 amide bonds. The average Bonchev–Trinajstić information content (AvgIpc) is 3.27. The van der Waals surface area contributed by atoms with Crippen LogP contribution in [-0.4, -0.2) is 20.4 Å². The third-order valence-corrected chi connectivity index (χ3v) is 5.66. The topological polar surface area (TPSA) is 44.1 Å². The van der Waals surface area contributed by atoms with Crippen molar-refractivity contribution in [3.8, 4) is 0 Å². The van der Waals surface area contributed by atoms with E-state index in [1.165, 1.54) is 12.4 Å². The summed E-state index contributed by atoms with van der Waals surface area (Å²) >= 11 is 19.0. The van der Waals surface area contributed by atoms with Crippen LogP contribution < -0.4 is 0 Å². The van der Waals surface area contributed by atoms with Crippen molar-refractivity contribution in [3.63, 3.8) is 0 Å². The van der Waals surface area contributed by atoms with Gasteiger partial charge in [-0.15, -0.1) is 0 Å². The third-order valence-electron chi connectivity index (χ3n) is 4.74. The molecule has 0 unspecified atom stereocenters. The van der Waals surface area contributed by atoms with Gasteiger partial charge in [-0.1, -0.05) is 77.3 Å². The van der Waals surface area contributed by atoms with Gasteiger partial charge in [0.2, 0.25) is 12.0 Å². The van der Waals surface area contributed by atoms with E-state index in [1.807, 2.05) is 42.5 Å². The highest BCUT2D eigenvalue weighted by molar-refractivity contribution is 6.37. The van der Waals surface area contributed by atoms with Crippen LogP contribution in [0.2, 0.25) is 10.0 Å². The van der Waals surface area contributed by atoms with E-state index in [1.54, 1.807) is 35.2 Å². The van der Waals surface area contributed by atoms with Crippen molar-refractivity contribution < 1.29 is 9.53 Å². The van der Waals surface area contributed by atoms with E-state index < -0.39 is 11.3 Å². The minimum atomic E-state index is -1.19. The van der Waals surface area contributed by atoms with Crippen molar-refractivity contribution in [1.29, 1.82) is 0 Å². The Morgan fingerprint density at radius 2 is 1.97 bits per heavy atom. The van der Waals surface area contributed by atoms with Crippen molar-refractivity contribution in [3.05, 3.63) is 107 Å². The van der Waals surface area contributed by atoms with Crippen molar-refractivity contribution in [1.82, 2.24) is 9.55 Å². The first-order chi connectivity index (χ1) is 14.5. The molecule has 0 spiro atoms. The number of hydrogen-bond acceptors (Lipinski definition) is 3. The molecule has 1 heterocycles. The number of carbonyl (C=O) groups is 1. The molecule has 4 rings (SSSR count). The van der Waals surface area contributed by atoms with Crippen LogP contribution in [0.4, 0.5) is 0 Å². The summed E-state index contributed by atoms with van der Waals surface area (Å²) in [5.41, 5.74) is 2.42. The van der Waals surface area contributed by atoms with Gasteiger partial charge in [0.25, 0.3) is 0 Å². The zero-order valence-corrected chi connectivity index (χ0v) is 18.0. The predicted octanol–water partition coefficient (Wildman–Crippen LogP) is 6.57. The molecule has 2 aromatic carbocycles. The summed E-state index contributed by atoms with van der Waals surface area (Å²) in [6, 6.07) is 14.7. The molecular formula is C23H17Cl3N2O2. The highest BCUT2D eigenvalue weighted by Gasteiger charge is 2.35. The summed E-state index contributed by atoms with van der Waals surface area (Å²) in [4.78, 5) is 17.3. The zero-order valence-electron chi connectivity index (χ0n) is 15.7. The van der Waals surface area contributed by atoms with Crippen molar-refractivity contribution in [2.45, 2.75) is 17.7 Å². The Labute approximate surface area is 189 Å². The van der Waals surface area contributed by atoms with Gasteiger partial charge in [0.15, 0.2) is 5.06 Å². The van der Waals surface area contributed by atoms with E-state index in [-0.39, 0.29) is 10.8 Å². The number of rotatable bonds is 6. The van der Waals surface area contributed by atoms with Crippen LogP contribution in [0.3, 0.4) is 0 Å².